The van der Waals surface area contributed by atoms with Gasteiger partial charge in [0.25, 0.3) is 0 Å². The van der Waals surface area contributed by atoms with E-state index in [4.69, 9.17) is 5.26 Å². The van der Waals surface area contributed by atoms with Crippen LogP contribution in [0.1, 0.15) is 24.0 Å². The first kappa shape index (κ1) is 13.3. The van der Waals surface area contributed by atoms with Crippen molar-refractivity contribution in [2.75, 3.05) is 6.54 Å². The van der Waals surface area contributed by atoms with E-state index >= 15 is 0 Å². The van der Waals surface area contributed by atoms with Crippen LogP contribution in [0.5, 0.6) is 0 Å². The number of nitriles is 1. The zero-order valence-corrected chi connectivity index (χ0v) is 10.9. The lowest BCUT2D eigenvalue weighted by Crippen LogP contribution is -2.15. The Morgan fingerprint density at radius 2 is 2.26 bits per heavy atom. The standard InChI is InChI=1S/C15H18N4/c16-11-14-4-3-5-15(10-14)12-17-6-1-2-8-19-9-7-18-13-19/h3-5,7,9-10,13,17H,1-2,6,8,12H2. The molecule has 19 heavy (non-hydrogen) atoms. The quantitative estimate of drug-likeness (QED) is 0.771. The molecule has 0 spiro atoms. The maximum absolute atomic E-state index is 8.82. The second-order valence-electron chi connectivity index (χ2n) is 4.50. The molecule has 0 fully saturated rings. The number of hydrogen-bond donors (Lipinski definition) is 1. The van der Waals surface area contributed by atoms with Crippen molar-refractivity contribution in [3.63, 3.8) is 0 Å². The molecule has 4 nitrogen and oxygen atoms in total. The van der Waals surface area contributed by atoms with Crippen molar-refractivity contribution in [2.45, 2.75) is 25.9 Å². The molecule has 1 aromatic carbocycles. The molecule has 4 heteroatoms. The fourth-order valence-corrected chi connectivity index (χ4v) is 1.95. The third-order valence-electron chi connectivity index (χ3n) is 2.96. The number of aryl methyl sites for hydroxylation is 1. The molecule has 98 valence electrons. The van der Waals surface area contributed by atoms with Crippen molar-refractivity contribution in [1.29, 1.82) is 5.26 Å². The van der Waals surface area contributed by atoms with Gasteiger partial charge in [-0.15, -0.1) is 0 Å². The molecule has 0 aliphatic rings. The largest absolute Gasteiger partial charge is 0.337 e. The van der Waals surface area contributed by atoms with E-state index in [1.54, 1.807) is 6.20 Å². The highest BCUT2D eigenvalue weighted by molar-refractivity contribution is 5.32. The smallest absolute Gasteiger partial charge is 0.0991 e. The molecular weight excluding hydrogens is 236 g/mol. The van der Waals surface area contributed by atoms with Crippen LogP contribution >= 0.6 is 0 Å². The zero-order chi connectivity index (χ0) is 13.3. The van der Waals surface area contributed by atoms with Gasteiger partial charge < -0.3 is 9.88 Å². The fraction of sp³-hybridized carbons (Fsp3) is 0.333. The van der Waals surface area contributed by atoms with Crippen molar-refractivity contribution in [3.05, 3.63) is 54.1 Å². The molecule has 0 aliphatic carbocycles. The van der Waals surface area contributed by atoms with E-state index in [0.29, 0.717) is 0 Å². The zero-order valence-electron chi connectivity index (χ0n) is 10.9. The van der Waals surface area contributed by atoms with Crippen molar-refractivity contribution in [1.82, 2.24) is 14.9 Å². The molecule has 2 aromatic rings. The molecule has 1 N–H and O–H groups in total. The Kier molecular flexibility index (Phi) is 5.15. The molecule has 0 amide bonds. The van der Waals surface area contributed by atoms with Gasteiger partial charge in [0.1, 0.15) is 0 Å². The number of nitrogens with one attached hydrogen (secondary N) is 1. The summed E-state index contributed by atoms with van der Waals surface area (Å²) < 4.78 is 2.09. The molecule has 2 rings (SSSR count). The predicted octanol–water partition coefficient (Wildman–Crippen LogP) is 2.32. The number of imidazole rings is 1. The summed E-state index contributed by atoms with van der Waals surface area (Å²) in [5.74, 6) is 0. The molecule has 0 atom stereocenters. The van der Waals surface area contributed by atoms with Gasteiger partial charge in [0, 0.05) is 25.5 Å². The third kappa shape index (κ3) is 4.57. The Bertz CT molecular complexity index is 525. The number of hydrogen-bond acceptors (Lipinski definition) is 3. The molecule has 0 saturated heterocycles. The Hall–Kier alpha value is -2.12. The minimum Gasteiger partial charge on any atom is -0.337 e. The van der Waals surface area contributed by atoms with Crippen molar-refractivity contribution < 1.29 is 0 Å². The van der Waals surface area contributed by atoms with Crippen LogP contribution in [0.4, 0.5) is 0 Å². The van der Waals surface area contributed by atoms with Gasteiger partial charge in [-0.05, 0) is 37.1 Å². The normalized spacial score (nSPS) is 10.3. The third-order valence-corrected chi connectivity index (χ3v) is 2.96. The van der Waals surface area contributed by atoms with Crippen LogP contribution in [-0.2, 0) is 13.1 Å². The van der Waals surface area contributed by atoms with Gasteiger partial charge in [0.15, 0.2) is 0 Å². The van der Waals surface area contributed by atoms with Gasteiger partial charge in [-0.25, -0.2) is 4.98 Å². The molecule has 1 aromatic heterocycles. The average molecular weight is 254 g/mol. The van der Waals surface area contributed by atoms with E-state index in [2.05, 4.69) is 20.9 Å². The lowest BCUT2D eigenvalue weighted by Gasteiger charge is -2.05. The average Bonchev–Trinajstić information content (AvgIpc) is 2.96. The molecule has 0 bridgehead atoms. The highest BCUT2D eigenvalue weighted by Gasteiger charge is 1.95. The van der Waals surface area contributed by atoms with Crippen LogP contribution in [-0.4, -0.2) is 16.1 Å². The molecule has 0 radical (unpaired) electrons. The van der Waals surface area contributed by atoms with E-state index in [0.717, 1.165) is 43.6 Å². The van der Waals surface area contributed by atoms with E-state index in [1.807, 2.05) is 36.8 Å². The highest BCUT2D eigenvalue weighted by Crippen LogP contribution is 2.03. The Labute approximate surface area is 113 Å². The summed E-state index contributed by atoms with van der Waals surface area (Å²) in [6.07, 6.45) is 7.92. The van der Waals surface area contributed by atoms with Crippen molar-refractivity contribution in [2.24, 2.45) is 0 Å². The summed E-state index contributed by atoms with van der Waals surface area (Å²) in [5, 5.41) is 12.2. The summed E-state index contributed by atoms with van der Waals surface area (Å²) >= 11 is 0. The first-order valence-corrected chi connectivity index (χ1v) is 6.54. The number of aromatic nitrogens is 2. The number of benzene rings is 1. The van der Waals surface area contributed by atoms with Gasteiger partial charge in [-0.1, -0.05) is 12.1 Å². The maximum Gasteiger partial charge on any atom is 0.0991 e. The Morgan fingerprint density at radius 3 is 3.05 bits per heavy atom. The lowest BCUT2D eigenvalue weighted by molar-refractivity contribution is 0.568. The lowest BCUT2D eigenvalue weighted by atomic mass is 10.1. The number of nitrogens with zero attached hydrogens (tertiary/aromatic N) is 3. The molecule has 1 heterocycles. The molecule has 0 aliphatic heterocycles. The Balaban J connectivity index is 1.60. The maximum atomic E-state index is 8.82. The fourth-order valence-electron chi connectivity index (χ4n) is 1.95. The molecule has 0 saturated carbocycles. The van der Waals surface area contributed by atoms with Crippen LogP contribution in [0, 0.1) is 11.3 Å². The first-order valence-electron chi connectivity index (χ1n) is 6.54. The van der Waals surface area contributed by atoms with Crippen molar-refractivity contribution in [3.8, 4) is 6.07 Å². The minimum atomic E-state index is 0.722. The summed E-state index contributed by atoms with van der Waals surface area (Å²) in [4.78, 5) is 4.01. The van der Waals surface area contributed by atoms with E-state index < -0.39 is 0 Å². The Morgan fingerprint density at radius 1 is 1.32 bits per heavy atom. The summed E-state index contributed by atoms with van der Waals surface area (Å²) in [6, 6.07) is 9.88. The van der Waals surface area contributed by atoms with Crippen LogP contribution in [0.2, 0.25) is 0 Å². The molecular formula is C15H18N4. The van der Waals surface area contributed by atoms with Crippen LogP contribution < -0.4 is 5.32 Å². The van der Waals surface area contributed by atoms with Gasteiger partial charge in [0.2, 0.25) is 0 Å². The second-order valence-corrected chi connectivity index (χ2v) is 4.50. The van der Waals surface area contributed by atoms with E-state index in [1.165, 1.54) is 0 Å². The summed E-state index contributed by atoms with van der Waals surface area (Å²) in [6.45, 7) is 2.83. The van der Waals surface area contributed by atoms with Crippen LogP contribution in [0.3, 0.4) is 0 Å². The first-order chi connectivity index (χ1) is 9.38. The van der Waals surface area contributed by atoms with Gasteiger partial charge in [-0.2, -0.15) is 5.26 Å². The number of unbranched alkanes of at least 4 members (excludes halogenated alkanes) is 1. The van der Waals surface area contributed by atoms with Crippen LogP contribution in [0.15, 0.2) is 43.0 Å². The second kappa shape index (κ2) is 7.34. The number of rotatable bonds is 7. The summed E-state index contributed by atoms with van der Waals surface area (Å²) in [7, 11) is 0. The molecule has 0 unspecified atom stereocenters. The van der Waals surface area contributed by atoms with Gasteiger partial charge in [0.05, 0.1) is 18.0 Å². The van der Waals surface area contributed by atoms with Crippen molar-refractivity contribution >= 4 is 0 Å². The highest BCUT2D eigenvalue weighted by atomic mass is 15.0. The van der Waals surface area contributed by atoms with Crippen LogP contribution in [0.25, 0.3) is 0 Å². The van der Waals surface area contributed by atoms with Gasteiger partial charge in [-0.3, -0.25) is 0 Å². The predicted molar refractivity (Wildman–Crippen MR) is 74.3 cm³/mol. The SMILES string of the molecule is N#Cc1cccc(CNCCCCn2ccnc2)c1. The van der Waals surface area contributed by atoms with E-state index in [9.17, 15) is 0 Å². The monoisotopic (exact) mass is 254 g/mol. The van der Waals surface area contributed by atoms with Gasteiger partial charge >= 0.3 is 0 Å². The summed E-state index contributed by atoms with van der Waals surface area (Å²) in [5.41, 5.74) is 1.88. The minimum absolute atomic E-state index is 0.722. The van der Waals surface area contributed by atoms with E-state index in [-0.39, 0.29) is 0 Å². The topological polar surface area (TPSA) is 53.6 Å².